The Labute approximate surface area is 115 Å². The van der Waals surface area contributed by atoms with Gasteiger partial charge < -0.3 is 10.4 Å². The number of phenols is 1. The van der Waals surface area contributed by atoms with Crippen molar-refractivity contribution >= 4 is 27.4 Å². The number of aromatic nitrogens is 1. The summed E-state index contributed by atoms with van der Waals surface area (Å²) in [5.41, 5.74) is 2.25. The largest absolute Gasteiger partial charge is 0.508 e. The molecule has 4 heteroatoms. The van der Waals surface area contributed by atoms with Gasteiger partial charge in [0, 0.05) is 11.9 Å². The molecule has 3 rings (SSSR count). The van der Waals surface area contributed by atoms with E-state index in [2.05, 4.69) is 15.8 Å². The first kappa shape index (κ1) is 12.0. The average Bonchev–Trinajstić information content (AvgIpc) is 2.85. The molecule has 1 aromatic heterocycles. The number of hydrogen-bond donors (Lipinski definition) is 2. The Balaban J connectivity index is 1.65. The zero-order valence-electron chi connectivity index (χ0n) is 10.3. The van der Waals surface area contributed by atoms with E-state index in [1.54, 1.807) is 12.1 Å². The summed E-state index contributed by atoms with van der Waals surface area (Å²) < 4.78 is 4.40. The lowest BCUT2D eigenvalue weighted by atomic mass is 10.1. The first-order valence-corrected chi connectivity index (χ1v) is 6.96. The van der Waals surface area contributed by atoms with Gasteiger partial charge in [0.15, 0.2) is 0 Å². The van der Waals surface area contributed by atoms with Gasteiger partial charge >= 0.3 is 0 Å². The summed E-state index contributed by atoms with van der Waals surface area (Å²) in [6.07, 6.45) is 0.923. The van der Waals surface area contributed by atoms with Gasteiger partial charge in [-0.15, -0.1) is 0 Å². The van der Waals surface area contributed by atoms with Crippen LogP contribution < -0.4 is 5.32 Å². The van der Waals surface area contributed by atoms with Gasteiger partial charge in [-0.05, 0) is 47.8 Å². The lowest BCUT2D eigenvalue weighted by Gasteiger charge is -2.04. The predicted octanol–water partition coefficient (Wildman–Crippen LogP) is 3.66. The Morgan fingerprint density at radius 3 is 2.68 bits per heavy atom. The van der Waals surface area contributed by atoms with E-state index in [-0.39, 0.29) is 0 Å². The zero-order valence-corrected chi connectivity index (χ0v) is 11.2. The van der Waals surface area contributed by atoms with Crippen LogP contribution in [-0.4, -0.2) is 16.0 Å². The van der Waals surface area contributed by atoms with Crippen LogP contribution in [0.15, 0.2) is 48.5 Å². The Morgan fingerprint density at radius 2 is 1.84 bits per heavy atom. The average molecular weight is 270 g/mol. The fraction of sp³-hybridized carbons (Fsp3) is 0.133. The molecule has 19 heavy (non-hydrogen) atoms. The maximum atomic E-state index is 9.23. The van der Waals surface area contributed by atoms with Gasteiger partial charge in [0.1, 0.15) is 10.8 Å². The van der Waals surface area contributed by atoms with Crippen LogP contribution >= 0.6 is 11.5 Å². The molecular weight excluding hydrogens is 256 g/mol. The van der Waals surface area contributed by atoms with Crippen LogP contribution in [-0.2, 0) is 6.42 Å². The number of nitrogens with zero attached hydrogens (tertiary/aromatic N) is 1. The lowest BCUT2D eigenvalue weighted by molar-refractivity contribution is 0.475. The standard InChI is InChI=1S/C15H14N2OS/c18-12-7-5-11(6-8-12)9-10-16-15-13-3-1-2-4-14(13)17-19-15/h1-8,16,18H,9-10H2. The van der Waals surface area contributed by atoms with E-state index in [1.807, 2.05) is 30.3 Å². The quantitative estimate of drug-likeness (QED) is 0.760. The molecule has 0 saturated heterocycles. The molecule has 0 aliphatic rings. The van der Waals surface area contributed by atoms with Crippen molar-refractivity contribution in [2.75, 3.05) is 11.9 Å². The molecule has 0 atom stereocenters. The fourth-order valence-electron chi connectivity index (χ4n) is 2.00. The first-order valence-electron chi connectivity index (χ1n) is 6.19. The number of nitrogens with one attached hydrogen (secondary N) is 1. The molecule has 0 fully saturated rings. The third-order valence-electron chi connectivity index (χ3n) is 3.02. The number of phenolic OH excluding ortho intramolecular Hbond substituents is 1. The third-order valence-corrected chi connectivity index (χ3v) is 3.85. The van der Waals surface area contributed by atoms with Crippen molar-refractivity contribution in [3.8, 4) is 5.75 Å². The van der Waals surface area contributed by atoms with Crippen LogP contribution in [0, 0.1) is 0 Å². The zero-order chi connectivity index (χ0) is 13.1. The monoisotopic (exact) mass is 270 g/mol. The molecule has 0 saturated carbocycles. The van der Waals surface area contributed by atoms with Crippen molar-refractivity contribution in [1.29, 1.82) is 0 Å². The molecule has 2 aromatic carbocycles. The van der Waals surface area contributed by atoms with Crippen molar-refractivity contribution in [2.24, 2.45) is 0 Å². The molecule has 0 unspecified atom stereocenters. The molecule has 1 heterocycles. The maximum absolute atomic E-state index is 9.23. The molecule has 3 aromatic rings. The summed E-state index contributed by atoms with van der Waals surface area (Å²) in [4.78, 5) is 0. The van der Waals surface area contributed by atoms with Gasteiger partial charge in [-0.1, -0.05) is 24.3 Å². The van der Waals surface area contributed by atoms with Crippen LogP contribution in [0.25, 0.3) is 10.9 Å². The van der Waals surface area contributed by atoms with Gasteiger partial charge in [-0.2, -0.15) is 4.37 Å². The van der Waals surface area contributed by atoms with Crippen LogP contribution in [0.3, 0.4) is 0 Å². The maximum Gasteiger partial charge on any atom is 0.117 e. The number of hydrogen-bond acceptors (Lipinski definition) is 4. The van der Waals surface area contributed by atoms with Crippen molar-refractivity contribution in [2.45, 2.75) is 6.42 Å². The van der Waals surface area contributed by atoms with Crippen molar-refractivity contribution in [1.82, 2.24) is 4.37 Å². The summed E-state index contributed by atoms with van der Waals surface area (Å²) in [5, 5.41) is 15.0. The fourth-order valence-corrected chi connectivity index (χ4v) is 2.79. The van der Waals surface area contributed by atoms with Gasteiger partial charge in [-0.3, -0.25) is 0 Å². The number of aromatic hydroxyl groups is 1. The van der Waals surface area contributed by atoms with E-state index < -0.39 is 0 Å². The highest BCUT2D eigenvalue weighted by Crippen LogP contribution is 2.27. The van der Waals surface area contributed by atoms with E-state index in [9.17, 15) is 5.11 Å². The highest BCUT2D eigenvalue weighted by molar-refractivity contribution is 7.11. The van der Waals surface area contributed by atoms with E-state index in [0.29, 0.717) is 5.75 Å². The summed E-state index contributed by atoms with van der Waals surface area (Å²) in [6, 6.07) is 15.5. The molecule has 0 radical (unpaired) electrons. The summed E-state index contributed by atoms with van der Waals surface area (Å²) in [7, 11) is 0. The second-order valence-corrected chi connectivity index (χ2v) is 5.15. The minimum Gasteiger partial charge on any atom is -0.508 e. The third kappa shape index (κ3) is 2.69. The number of benzene rings is 2. The molecule has 0 amide bonds. The molecule has 3 nitrogen and oxygen atoms in total. The molecular formula is C15H14N2OS. The highest BCUT2D eigenvalue weighted by Gasteiger charge is 2.04. The van der Waals surface area contributed by atoms with Crippen LogP contribution in [0.5, 0.6) is 5.75 Å². The van der Waals surface area contributed by atoms with E-state index >= 15 is 0 Å². The molecule has 96 valence electrons. The molecule has 0 bridgehead atoms. The van der Waals surface area contributed by atoms with Crippen molar-refractivity contribution < 1.29 is 5.11 Å². The normalized spacial score (nSPS) is 10.7. The van der Waals surface area contributed by atoms with Gasteiger partial charge in [0.2, 0.25) is 0 Å². The minimum atomic E-state index is 0.310. The van der Waals surface area contributed by atoms with E-state index in [1.165, 1.54) is 22.5 Å². The van der Waals surface area contributed by atoms with Crippen LogP contribution in [0.1, 0.15) is 5.56 Å². The van der Waals surface area contributed by atoms with E-state index in [0.717, 1.165) is 23.5 Å². The summed E-state index contributed by atoms with van der Waals surface area (Å²) >= 11 is 1.50. The number of rotatable bonds is 4. The van der Waals surface area contributed by atoms with Crippen LogP contribution in [0.4, 0.5) is 5.00 Å². The highest BCUT2D eigenvalue weighted by atomic mass is 32.1. The van der Waals surface area contributed by atoms with Crippen molar-refractivity contribution in [3.05, 3.63) is 54.1 Å². The Bertz CT molecular complexity index is 676. The first-order chi connectivity index (χ1) is 9.33. The van der Waals surface area contributed by atoms with Crippen molar-refractivity contribution in [3.63, 3.8) is 0 Å². The SMILES string of the molecule is Oc1ccc(CCNc2snc3ccccc23)cc1. The number of fused-ring (bicyclic) bond motifs is 1. The predicted molar refractivity (Wildman–Crippen MR) is 79.9 cm³/mol. The topological polar surface area (TPSA) is 45.1 Å². The Morgan fingerprint density at radius 1 is 1.05 bits per heavy atom. The second kappa shape index (κ2) is 5.28. The Hall–Kier alpha value is -2.07. The van der Waals surface area contributed by atoms with Gasteiger partial charge in [0.25, 0.3) is 0 Å². The van der Waals surface area contributed by atoms with E-state index in [4.69, 9.17) is 0 Å². The molecule has 2 N–H and O–H groups in total. The second-order valence-electron chi connectivity index (χ2n) is 4.37. The smallest absolute Gasteiger partial charge is 0.117 e. The van der Waals surface area contributed by atoms with Gasteiger partial charge in [-0.25, -0.2) is 0 Å². The molecule has 0 spiro atoms. The number of anilines is 1. The minimum absolute atomic E-state index is 0.310. The summed E-state index contributed by atoms with van der Waals surface area (Å²) in [5.74, 6) is 0.310. The Kier molecular flexibility index (Phi) is 3.33. The summed E-state index contributed by atoms with van der Waals surface area (Å²) in [6.45, 7) is 0.858. The lowest BCUT2D eigenvalue weighted by Crippen LogP contribution is -2.03. The van der Waals surface area contributed by atoms with Gasteiger partial charge in [0.05, 0.1) is 5.52 Å². The molecule has 0 aliphatic heterocycles. The molecule has 0 aliphatic carbocycles. The van der Waals surface area contributed by atoms with Crippen LogP contribution in [0.2, 0.25) is 0 Å².